The van der Waals surface area contributed by atoms with E-state index in [1.54, 1.807) is 0 Å². The van der Waals surface area contributed by atoms with Gasteiger partial charge in [-0.05, 0) is 38.2 Å². The highest BCUT2D eigenvalue weighted by atomic mass is 32.2. The lowest BCUT2D eigenvalue weighted by molar-refractivity contribution is -0.119. The molecule has 0 bridgehead atoms. The Morgan fingerprint density at radius 3 is 2.83 bits per heavy atom. The first-order valence-electron chi connectivity index (χ1n) is 8.63. The number of hydrogen-bond donors (Lipinski definition) is 1. The second kappa shape index (κ2) is 9.18. The van der Waals surface area contributed by atoms with Crippen LogP contribution >= 0.6 is 11.8 Å². The molecule has 1 aromatic rings. The number of rotatable bonds is 8. The number of carbonyl (C=O) groups is 1. The first-order chi connectivity index (χ1) is 11.1. The molecule has 1 amide bonds. The summed E-state index contributed by atoms with van der Waals surface area (Å²) in [5, 5.41) is 3.58. The Morgan fingerprint density at radius 2 is 2.09 bits per heavy atom. The van der Waals surface area contributed by atoms with Crippen LogP contribution in [0.1, 0.15) is 27.2 Å². The molecule has 1 atom stereocenters. The molecule has 1 aliphatic heterocycles. The van der Waals surface area contributed by atoms with Gasteiger partial charge in [-0.15, -0.1) is 11.8 Å². The van der Waals surface area contributed by atoms with Gasteiger partial charge in [0.1, 0.15) is 0 Å². The van der Waals surface area contributed by atoms with Crippen molar-refractivity contribution in [3.8, 4) is 0 Å². The first-order valence-corrected chi connectivity index (χ1v) is 9.51. The quantitative estimate of drug-likeness (QED) is 0.741. The van der Waals surface area contributed by atoms with Gasteiger partial charge >= 0.3 is 0 Å². The van der Waals surface area contributed by atoms with E-state index >= 15 is 0 Å². The van der Waals surface area contributed by atoms with Crippen LogP contribution in [0.5, 0.6) is 0 Å². The molecule has 0 radical (unpaired) electrons. The number of nitrogens with one attached hydrogen (secondary N) is 1. The van der Waals surface area contributed by atoms with Gasteiger partial charge in [-0.25, -0.2) is 0 Å². The Kier molecular flexibility index (Phi) is 7.24. The summed E-state index contributed by atoms with van der Waals surface area (Å²) in [7, 11) is 0. The fourth-order valence-corrected chi connectivity index (χ4v) is 4.09. The van der Waals surface area contributed by atoms with E-state index in [0.29, 0.717) is 11.8 Å². The van der Waals surface area contributed by atoms with Crippen LogP contribution in [0.4, 0.5) is 5.69 Å². The Labute approximate surface area is 144 Å². The van der Waals surface area contributed by atoms with Crippen molar-refractivity contribution >= 4 is 23.4 Å². The number of hydrogen-bond acceptors (Lipinski definition) is 4. The van der Waals surface area contributed by atoms with Crippen LogP contribution in [-0.2, 0) is 4.79 Å². The lowest BCUT2D eigenvalue weighted by Gasteiger charge is -2.33. The number of amides is 1. The van der Waals surface area contributed by atoms with Crippen LogP contribution in [0.15, 0.2) is 29.2 Å². The summed E-state index contributed by atoms with van der Waals surface area (Å²) in [6.45, 7) is 11.9. The summed E-state index contributed by atoms with van der Waals surface area (Å²) in [6.07, 6.45) is 1.01. The van der Waals surface area contributed by atoms with Crippen LogP contribution in [0.3, 0.4) is 0 Å². The molecule has 0 spiro atoms. The molecule has 0 aliphatic carbocycles. The maximum atomic E-state index is 12.2. The monoisotopic (exact) mass is 335 g/mol. The van der Waals surface area contributed by atoms with E-state index in [1.165, 1.54) is 10.6 Å². The summed E-state index contributed by atoms with van der Waals surface area (Å²) in [5.41, 5.74) is 1.19. The van der Waals surface area contributed by atoms with Crippen LogP contribution < -0.4 is 10.2 Å². The van der Waals surface area contributed by atoms with E-state index in [-0.39, 0.29) is 5.91 Å². The smallest absolute Gasteiger partial charge is 0.239 e. The number of para-hydroxylation sites is 1. The highest BCUT2D eigenvalue weighted by Gasteiger charge is 2.23. The largest absolute Gasteiger partial charge is 0.360 e. The Hall–Kier alpha value is -1.20. The molecule has 1 aromatic carbocycles. The number of benzene rings is 1. The number of nitrogens with zero attached hydrogens (tertiary/aromatic N) is 2. The van der Waals surface area contributed by atoms with Crippen LogP contribution in [-0.4, -0.2) is 55.3 Å². The van der Waals surface area contributed by atoms with Crippen molar-refractivity contribution in [2.24, 2.45) is 0 Å². The molecular weight excluding hydrogens is 306 g/mol. The number of thioether (sulfide) groups is 1. The molecule has 1 heterocycles. The molecule has 0 aromatic heterocycles. The van der Waals surface area contributed by atoms with Crippen molar-refractivity contribution in [2.75, 3.05) is 44.2 Å². The maximum absolute atomic E-state index is 12.2. The third-order valence-corrected chi connectivity index (χ3v) is 5.36. The number of fused-ring (bicyclic) bond motifs is 1. The van der Waals surface area contributed by atoms with Crippen molar-refractivity contribution < 1.29 is 4.79 Å². The molecular formula is C18H29N3OS. The van der Waals surface area contributed by atoms with Gasteiger partial charge in [-0.1, -0.05) is 32.9 Å². The molecule has 0 fully saturated rings. The van der Waals surface area contributed by atoms with Gasteiger partial charge in [-0.2, -0.15) is 0 Å². The lowest BCUT2D eigenvalue weighted by Crippen LogP contribution is -2.42. The van der Waals surface area contributed by atoms with Gasteiger partial charge in [0, 0.05) is 23.2 Å². The van der Waals surface area contributed by atoms with E-state index in [1.807, 2.05) is 17.8 Å². The van der Waals surface area contributed by atoms with Crippen molar-refractivity contribution in [1.82, 2.24) is 10.2 Å². The third kappa shape index (κ3) is 5.43. The molecule has 1 N–H and O–H groups in total. The Bertz CT molecular complexity index is 505. The lowest BCUT2D eigenvalue weighted by atomic mass is 10.2. The zero-order chi connectivity index (χ0) is 16.7. The van der Waals surface area contributed by atoms with E-state index in [2.05, 4.69) is 54.1 Å². The van der Waals surface area contributed by atoms with Gasteiger partial charge in [0.2, 0.25) is 5.91 Å². The zero-order valence-corrected chi connectivity index (χ0v) is 15.4. The predicted octanol–water partition coefficient (Wildman–Crippen LogP) is 2.84. The standard InChI is InChI=1S/C18H29N3OS/c1-4-20(5-2)12-8-11-19-18(22)14-21-13-15(3)23-17-10-7-6-9-16(17)21/h6-7,9-10,15H,4-5,8,11-14H2,1-3H3,(H,19,22)/t15-/m0/s1. The van der Waals surface area contributed by atoms with E-state index in [9.17, 15) is 4.79 Å². The van der Waals surface area contributed by atoms with Crippen molar-refractivity contribution in [1.29, 1.82) is 0 Å². The number of carbonyl (C=O) groups excluding carboxylic acids is 1. The summed E-state index contributed by atoms with van der Waals surface area (Å²) in [4.78, 5) is 18.1. The van der Waals surface area contributed by atoms with Crippen LogP contribution in [0.2, 0.25) is 0 Å². The minimum Gasteiger partial charge on any atom is -0.360 e. The molecule has 128 valence electrons. The van der Waals surface area contributed by atoms with E-state index in [0.717, 1.165) is 39.1 Å². The minimum absolute atomic E-state index is 0.124. The summed E-state index contributed by atoms with van der Waals surface area (Å²) in [5.74, 6) is 0.124. The van der Waals surface area contributed by atoms with Crippen LogP contribution in [0.25, 0.3) is 0 Å². The predicted molar refractivity (Wildman–Crippen MR) is 99.4 cm³/mol. The molecule has 5 heteroatoms. The Morgan fingerprint density at radius 1 is 1.35 bits per heavy atom. The third-order valence-electron chi connectivity index (χ3n) is 4.21. The van der Waals surface area contributed by atoms with Gasteiger partial charge in [0.05, 0.1) is 12.2 Å². The molecule has 1 aliphatic rings. The SMILES string of the molecule is CCN(CC)CCCNC(=O)CN1C[C@H](C)Sc2ccccc21. The highest BCUT2D eigenvalue weighted by Crippen LogP contribution is 2.37. The summed E-state index contributed by atoms with van der Waals surface area (Å²) < 4.78 is 0. The van der Waals surface area contributed by atoms with Gasteiger partial charge in [0.15, 0.2) is 0 Å². The minimum atomic E-state index is 0.124. The second-order valence-corrected chi connectivity index (χ2v) is 7.49. The van der Waals surface area contributed by atoms with E-state index in [4.69, 9.17) is 0 Å². The van der Waals surface area contributed by atoms with Crippen molar-refractivity contribution in [3.05, 3.63) is 24.3 Å². The molecule has 0 saturated heterocycles. The first kappa shape index (κ1) is 18.1. The normalized spacial score (nSPS) is 17.2. The molecule has 0 saturated carbocycles. The fourth-order valence-electron chi connectivity index (χ4n) is 2.93. The highest BCUT2D eigenvalue weighted by molar-refractivity contribution is 8.00. The van der Waals surface area contributed by atoms with Crippen molar-refractivity contribution in [2.45, 2.75) is 37.3 Å². The topological polar surface area (TPSA) is 35.6 Å². The maximum Gasteiger partial charge on any atom is 0.239 e. The summed E-state index contributed by atoms with van der Waals surface area (Å²) in [6, 6.07) is 8.37. The molecule has 0 unspecified atom stereocenters. The summed E-state index contributed by atoms with van der Waals surface area (Å²) >= 11 is 1.89. The van der Waals surface area contributed by atoms with Crippen LogP contribution in [0, 0.1) is 0 Å². The fraction of sp³-hybridized carbons (Fsp3) is 0.611. The van der Waals surface area contributed by atoms with Crippen molar-refractivity contribution in [3.63, 3.8) is 0 Å². The molecule has 23 heavy (non-hydrogen) atoms. The molecule has 4 nitrogen and oxygen atoms in total. The van der Waals surface area contributed by atoms with Gasteiger partial charge in [0.25, 0.3) is 0 Å². The Balaban J connectivity index is 1.79. The molecule has 2 rings (SSSR count). The number of anilines is 1. The van der Waals surface area contributed by atoms with Gasteiger partial charge < -0.3 is 15.1 Å². The average molecular weight is 336 g/mol. The average Bonchev–Trinajstić information content (AvgIpc) is 2.55. The van der Waals surface area contributed by atoms with Gasteiger partial charge in [-0.3, -0.25) is 4.79 Å². The zero-order valence-electron chi connectivity index (χ0n) is 14.5. The van der Waals surface area contributed by atoms with E-state index < -0.39 is 0 Å². The second-order valence-electron chi connectivity index (χ2n) is 6.01.